The van der Waals surface area contributed by atoms with Gasteiger partial charge >= 0.3 is 407 Å². The van der Waals surface area contributed by atoms with E-state index < -0.39 is 8.07 Å². The van der Waals surface area contributed by atoms with Crippen LogP contribution in [0.25, 0.3) is 0 Å². The summed E-state index contributed by atoms with van der Waals surface area (Å²) in [5.74, 6) is 0. The normalized spacial score (nSPS) is 13.2. The summed E-state index contributed by atoms with van der Waals surface area (Å²) < 4.78 is -0.0893. The van der Waals surface area contributed by atoms with Crippen molar-refractivity contribution in [3.8, 4) is 0 Å². The predicted molar refractivity (Wildman–Crippen MR) is 281 cm³/mol. The molecule has 0 fully saturated rings. The van der Waals surface area contributed by atoms with E-state index in [9.17, 15) is 0 Å². The van der Waals surface area contributed by atoms with Crippen LogP contribution in [0.1, 0.15) is 243 Å². The molecule has 3 aromatic carbocycles. The Hall–Kier alpha value is -1.06. The third kappa shape index (κ3) is 18.3. The van der Waals surface area contributed by atoms with Gasteiger partial charge in [-0.15, -0.1) is 0 Å². The summed E-state index contributed by atoms with van der Waals surface area (Å²) in [5.41, 5.74) is 12.7. The van der Waals surface area contributed by atoms with Gasteiger partial charge in [0.05, 0.1) is 0 Å². The van der Waals surface area contributed by atoms with Crippen LogP contribution >= 0.6 is 0 Å². The van der Waals surface area contributed by atoms with Gasteiger partial charge in [-0.1, -0.05) is 0 Å². The van der Waals surface area contributed by atoms with E-state index in [0.29, 0.717) is 0 Å². The van der Waals surface area contributed by atoms with E-state index >= 15 is 0 Å². The Kier molecular flexibility index (Phi) is 33.5. The maximum absolute atomic E-state index is 2.89. The van der Waals surface area contributed by atoms with Crippen LogP contribution in [0.15, 0.2) is 77.9 Å². The zero-order valence-electron chi connectivity index (χ0n) is 43.7. The van der Waals surface area contributed by atoms with Gasteiger partial charge in [-0.3, -0.25) is 0 Å². The predicted octanol–water partition coefficient (Wildman–Crippen LogP) is 8.06. The van der Waals surface area contributed by atoms with Crippen molar-refractivity contribution in [2.24, 2.45) is 0 Å². The van der Waals surface area contributed by atoms with Gasteiger partial charge in [0, 0.05) is 0 Å². The van der Waals surface area contributed by atoms with Crippen molar-refractivity contribution in [1.29, 1.82) is 0 Å². The van der Waals surface area contributed by atoms with Crippen molar-refractivity contribution < 1.29 is 57.7 Å². The second-order valence-electron chi connectivity index (χ2n) is 20.2. The molecule has 0 spiro atoms. The fourth-order valence-electron chi connectivity index (χ4n) is 10.9. The molecule has 0 amide bonds. The summed E-state index contributed by atoms with van der Waals surface area (Å²) in [6, 6.07) is 24.8. The van der Waals surface area contributed by atoms with E-state index in [2.05, 4.69) is 143 Å². The Morgan fingerprint density at radius 3 is 0.697 bits per heavy atom. The summed E-state index contributed by atoms with van der Waals surface area (Å²) in [7, 11) is -2.89. The zero-order chi connectivity index (χ0) is 45.3. The molecule has 0 heterocycles. The van der Waals surface area contributed by atoms with Gasteiger partial charge in [-0.2, -0.15) is 0 Å². The number of halogens is 3. The van der Waals surface area contributed by atoms with E-state index in [4.69, 9.17) is 0 Å². The van der Waals surface area contributed by atoms with E-state index in [0.717, 1.165) is 0 Å². The van der Waals surface area contributed by atoms with E-state index in [-0.39, 0.29) is 40.6 Å². The number of benzene rings is 3. The molecular formula is C61H95Cl3SiTi. The molecule has 5 heteroatoms. The summed E-state index contributed by atoms with van der Waals surface area (Å²) in [4.78, 5) is 0. The second-order valence-corrected chi connectivity index (χ2v) is 26.1. The van der Waals surface area contributed by atoms with Gasteiger partial charge in [-0.05, 0) is 0 Å². The van der Waals surface area contributed by atoms with Crippen molar-refractivity contribution in [3.63, 3.8) is 0 Å². The Morgan fingerprint density at radius 1 is 0.318 bits per heavy atom. The molecule has 0 radical (unpaired) electrons. The van der Waals surface area contributed by atoms with Gasteiger partial charge in [0.25, 0.3) is 0 Å². The minimum absolute atomic E-state index is 0. The standard InChI is InChI=1S/C61H95Si.3ClH.Ti/c1-9-15-21-27-33-52-41-53(34-28-22-16-10-2)45-58(44-52)62(61-50(7)39-40-51(61)8,59-46-54(35-29-23-17-11-3)42-55(47-59)36-30-24-18-12-4)60-48-56(37-31-25-19-13-5)43-57(49-60)38-32-26-20-14-6;;;;/h39-49H,9-38H2,1-8H3;3*1H;/q;;;;+3/p-3. The number of hydrogen-bond donors (Lipinski definition) is 0. The molecule has 66 heavy (non-hydrogen) atoms. The first-order valence-corrected chi connectivity index (χ1v) is 30.0. The molecule has 1 aliphatic carbocycles. The van der Waals surface area contributed by atoms with Crippen LogP contribution in [-0.4, -0.2) is 8.07 Å². The third-order valence-corrected chi connectivity index (χ3v) is 23.1. The van der Waals surface area contributed by atoms with E-state index in [1.165, 1.54) is 193 Å². The molecule has 0 atom stereocenters. The molecule has 4 rings (SSSR count). The molecule has 0 aliphatic heterocycles. The van der Waals surface area contributed by atoms with Crippen LogP contribution in [-0.2, 0) is 59.0 Å². The van der Waals surface area contributed by atoms with Gasteiger partial charge in [0.2, 0.25) is 0 Å². The summed E-state index contributed by atoms with van der Waals surface area (Å²) in [6.07, 6.45) is 43.8. The Morgan fingerprint density at radius 2 is 0.515 bits per heavy atom. The van der Waals surface area contributed by atoms with Gasteiger partial charge < -0.3 is 37.2 Å². The van der Waals surface area contributed by atoms with E-state index in [1.807, 2.05) is 0 Å². The minimum atomic E-state index is -2.89. The fraction of sp³-hybridized carbons (Fsp3) is 0.639. The van der Waals surface area contributed by atoms with Crippen molar-refractivity contribution in [3.05, 3.63) is 111 Å². The molecule has 368 valence electrons. The average molecular weight is 1010 g/mol. The van der Waals surface area contributed by atoms with Crippen LogP contribution in [0.3, 0.4) is 0 Å². The Balaban J connectivity index is 0.00000726. The monoisotopic (exact) mass is 1010 g/mol. The molecule has 0 saturated carbocycles. The van der Waals surface area contributed by atoms with Crippen molar-refractivity contribution >= 4 is 23.6 Å². The van der Waals surface area contributed by atoms with Crippen molar-refractivity contribution in [1.82, 2.24) is 0 Å². The van der Waals surface area contributed by atoms with Gasteiger partial charge in [0.1, 0.15) is 0 Å². The molecule has 0 nitrogen and oxygen atoms in total. The first-order valence-electron chi connectivity index (χ1n) is 27.2. The zero-order valence-corrected chi connectivity index (χ0v) is 48.5. The summed E-state index contributed by atoms with van der Waals surface area (Å²) >= 11 is 2.72. The van der Waals surface area contributed by atoms with E-state index in [1.54, 1.807) is 60.1 Å². The van der Waals surface area contributed by atoms with Crippen LogP contribution in [0.4, 0.5) is 0 Å². The molecule has 0 aromatic heterocycles. The molecule has 0 unspecified atom stereocenters. The van der Waals surface area contributed by atoms with Crippen molar-refractivity contribution in [2.75, 3.05) is 0 Å². The quantitative estimate of drug-likeness (QED) is 0.0323. The first kappa shape index (κ1) is 63.0. The van der Waals surface area contributed by atoms with Gasteiger partial charge in [-0.25, -0.2) is 0 Å². The number of allylic oxidation sites excluding steroid dienone is 4. The number of hydrogen-bond acceptors (Lipinski definition) is 0. The summed E-state index contributed by atoms with van der Waals surface area (Å²) in [5, 5.41) is 5.06. The minimum Gasteiger partial charge on any atom is -1.00 e. The van der Waals surface area contributed by atoms with Crippen LogP contribution in [0, 0.1) is 0 Å². The fourth-order valence-corrected chi connectivity index (χ4v) is 19.2. The van der Waals surface area contributed by atoms with Crippen LogP contribution < -0.4 is 52.8 Å². The molecule has 0 N–H and O–H groups in total. The van der Waals surface area contributed by atoms with Gasteiger partial charge in [0.15, 0.2) is 0 Å². The summed E-state index contributed by atoms with van der Waals surface area (Å²) in [6.45, 7) is 19.2. The topological polar surface area (TPSA) is 0 Å². The molecule has 0 saturated heterocycles. The number of aryl methyl sites for hydroxylation is 6. The molecule has 1 aliphatic rings. The molecule has 3 aromatic rings. The number of unbranched alkanes of at least 4 members (excludes halogenated alkanes) is 18. The molecular weight excluding hydrogens is 915 g/mol. The molecule has 0 bridgehead atoms. The second kappa shape index (κ2) is 35.1. The smallest absolute Gasteiger partial charge is 1.00 e. The Bertz CT molecular complexity index is 1550. The largest absolute Gasteiger partial charge is 1.00 e. The average Bonchev–Trinajstić information content (AvgIpc) is 3.55. The van der Waals surface area contributed by atoms with Crippen molar-refractivity contribution in [2.45, 2.75) is 251 Å². The maximum atomic E-state index is 2.81. The SMILES string of the molecule is CCCCCCc1cc(CCCCCC)cc([Si](c2cc(CCCCCC)cc(CCCCCC)c2)(c2cc(CCCCCC)cc(CCCCCC)c2)[C]2([Ti+3])C(C)=CC=C2C)c1.[Cl-].[Cl-].[Cl-]. The maximum Gasteiger partial charge on any atom is -1.00 e. The Labute approximate surface area is 440 Å². The van der Waals surface area contributed by atoms with Crippen LogP contribution in [0.2, 0.25) is 3.34 Å². The third-order valence-electron chi connectivity index (χ3n) is 14.7. The number of rotatable bonds is 34. The van der Waals surface area contributed by atoms with Crippen LogP contribution in [0.5, 0.6) is 0 Å². The first-order chi connectivity index (χ1) is 30.7.